The van der Waals surface area contributed by atoms with Gasteiger partial charge in [-0.25, -0.2) is 4.98 Å². The van der Waals surface area contributed by atoms with Gasteiger partial charge < -0.3 is 4.90 Å². The molecule has 6 nitrogen and oxygen atoms in total. The number of benzene rings is 1. The van der Waals surface area contributed by atoms with Crippen LogP contribution in [0.3, 0.4) is 0 Å². The first-order valence-corrected chi connectivity index (χ1v) is 8.14. The molecule has 0 saturated carbocycles. The lowest BCUT2D eigenvalue weighted by molar-refractivity contribution is -0.384. The van der Waals surface area contributed by atoms with Gasteiger partial charge in [-0.2, -0.15) is 0 Å². The summed E-state index contributed by atoms with van der Waals surface area (Å²) in [6.07, 6.45) is 3.74. The average molecular weight is 312 g/mol. The third kappa shape index (κ3) is 2.53. The maximum Gasteiger partial charge on any atom is 0.270 e. The fourth-order valence-electron chi connectivity index (χ4n) is 3.91. The highest BCUT2D eigenvalue weighted by Crippen LogP contribution is 2.31. The molecule has 23 heavy (non-hydrogen) atoms. The molecule has 2 fully saturated rings. The molecule has 120 valence electrons. The smallest absolute Gasteiger partial charge is 0.270 e. The number of likely N-dealkylation sites (N-methyl/N-ethyl adjacent to an activating group) is 1. The van der Waals surface area contributed by atoms with Crippen LogP contribution in [-0.2, 0) is 0 Å². The van der Waals surface area contributed by atoms with E-state index in [1.165, 1.54) is 25.3 Å². The van der Waals surface area contributed by atoms with Crippen molar-refractivity contribution in [3.05, 3.63) is 40.4 Å². The molecule has 6 heteroatoms. The van der Waals surface area contributed by atoms with Crippen molar-refractivity contribution < 1.29 is 4.92 Å². The van der Waals surface area contributed by atoms with Crippen molar-refractivity contribution in [2.75, 3.05) is 25.0 Å². The predicted octanol–water partition coefficient (Wildman–Crippen LogP) is 2.82. The maximum absolute atomic E-state index is 10.9. The van der Waals surface area contributed by atoms with Gasteiger partial charge in [0.1, 0.15) is 5.82 Å². The summed E-state index contributed by atoms with van der Waals surface area (Å²) >= 11 is 0. The lowest BCUT2D eigenvalue weighted by atomic mass is 10.1. The lowest BCUT2D eigenvalue weighted by Gasteiger charge is -2.26. The summed E-state index contributed by atoms with van der Waals surface area (Å²) in [4.78, 5) is 20.1. The van der Waals surface area contributed by atoms with Gasteiger partial charge in [0.15, 0.2) is 0 Å². The summed E-state index contributed by atoms with van der Waals surface area (Å²) in [5, 5.41) is 11.7. The molecule has 2 bridgehead atoms. The number of fused-ring (bicyclic) bond motifs is 3. The van der Waals surface area contributed by atoms with Gasteiger partial charge in [0, 0.05) is 42.7 Å². The first-order chi connectivity index (χ1) is 11.1. The second kappa shape index (κ2) is 5.45. The third-order valence-electron chi connectivity index (χ3n) is 5.34. The maximum atomic E-state index is 10.9. The number of rotatable bonds is 2. The van der Waals surface area contributed by atoms with Crippen molar-refractivity contribution >= 4 is 22.4 Å². The number of pyridine rings is 1. The molecule has 3 heterocycles. The lowest BCUT2D eigenvalue weighted by Crippen LogP contribution is -2.36. The molecule has 2 unspecified atom stereocenters. The predicted molar refractivity (Wildman–Crippen MR) is 89.8 cm³/mol. The van der Waals surface area contributed by atoms with Crippen molar-refractivity contribution in [2.45, 2.75) is 31.3 Å². The van der Waals surface area contributed by atoms with Crippen molar-refractivity contribution in [1.82, 2.24) is 9.88 Å². The Morgan fingerprint density at radius 2 is 2.00 bits per heavy atom. The Kier molecular flexibility index (Phi) is 3.41. The normalized spacial score (nSPS) is 24.8. The van der Waals surface area contributed by atoms with Gasteiger partial charge in [0.2, 0.25) is 0 Å². The number of nitro benzene ring substituents is 1. The number of non-ortho nitro benzene ring substituents is 1. The van der Waals surface area contributed by atoms with Crippen LogP contribution in [-0.4, -0.2) is 47.0 Å². The third-order valence-corrected chi connectivity index (χ3v) is 5.34. The molecular formula is C17H20N4O2. The molecule has 0 N–H and O–H groups in total. The highest BCUT2D eigenvalue weighted by atomic mass is 16.6. The number of hydrogen-bond acceptors (Lipinski definition) is 5. The van der Waals surface area contributed by atoms with Gasteiger partial charge in [-0.3, -0.25) is 15.0 Å². The molecule has 0 aliphatic carbocycles. The van der Waals surface area contributed by atoms with E-state index in [1.54, 1.807) is 12.1 Å². The van der Waals surface area contributed by atoms with E-state index in [0.717, 1.165) is 29.8 Å². The molecule has 2 saturated heterocycles. The van der Waals surface area contributed by atoms with E-state index in [4.69, 9.17) is 4.98 Å². The van der Waals surface area contributed by atoms with Crippen molar-refractivity contribution in [1.29, 1.82) is 0 Å². The summed E-state index contributed by atoms with van der Waals surface area (Å²) in [5.74, 6) is 0.979. The Labute approximate surface area is 134 Å². The van der Waals surface area contributed by atoms with Crippen LogP contribution in [0.2, 0.25) is 0 Å². The molecule has 0 amide bonds. The van der Waals surface area contributed by atoms with Gasteiger partial charge in [-0.15, -0.1) is 0 Å². The average Bonchev–Trinajstić information content (AvgIpc) is 2.79. The molecule has 2 aliphatic heterocycles. The second-order valence-corrected chi connectivity index (χ2v) is 6.59. The van der Waals surface area contributed by atoms with Crippen molar-refractivity contribution in [2.24, 2.45) is 0 Å². The standard InChI is InChI=1S/C17H20N4O2/c1-19-13-3-4-15(19)11-20(9-8-13)17-7-2-12-10-14(21(22)23)5-6-16(12)18-17/h2,5-7,10,13,15H,3-4,8-9,11H2,1H3. The number of nitrogens with zero attached hydrogens (tertiary/aromatic N) is 4. The van der Waals surface area contributed by atoms with Gasteiger partial charge in [0.05, 0.1) is 10.4 Å². The van der Waals surface area contributed by atoms with Crippen LogP contribution < -0.4 is 4.90 Å². The number of nitro groups is 1. The van der Waals surface area contributed by atoms with Gasteiger partial charge in [0.25, 0.3) is 5.69 Å². The molecule has 0 radical (unpaired) electrons. The minimum Gasteiger partial charge on any atom is -0.355 e. The van der Waals surface area contributed by atoms with Crippen LogP contribution in [0.15, 0.2) is 30.3 Å². The highest BCUT2D eigenvalue weighted by Gasteiger charge is 2.34. The van der Waals surface area contributed by atoms with Crippen LogP contribution in [0.25, 0.3) is 10.9 Å². The summed E-state index contributed by atoms with van der Waals surface area (Å²) in [7, 11) is 2.23. The van der Waals surface area contributed by atoms with Crippen LogP contribution in [0, 0.1) is 10.1 Å². The van der Waals surface area contributed by atoms with E-state index < -0.39 is 0 Å². The summed E-state index contributed by atoms with van der Waals surface area (Å²) in [6.45, 7) is 2.04. The van der Waals surface area contributed by atoms with Gasteiger partial charge >= 0.3 is 0 Å². The Hall–Kier alpha value is -2.21. The zero-order valence-electron chi connectivity index (χ0n) is 13.2. The van der Waals surface area contributed by atoms with Crippen molar-refractivity contribution in [3.8, 4) is 0 Å². The minimum atomic E-state index is -0.366. The molecule has 2 aromatic rings. The second-order valence-electron chi connectivity index (χ2n) is 6.59. The number of aromatic nitrogens is 1. The number of hydrogen-bond donors (Lipinski definition) is 0. The van der Waals surface area contributed by atoms with E-state index >= 15 is 0 Å². The van der Waals surface area contributed by atoms with Crippen LogP contribution >= 0.6 is 0 Å². The van der Waals surface area contributed by atoms with Gasteiger partial charge in [-0.1, -0.05) is 0 Å². The topological polar surface area (TPSA) is 62.5 Å². The van der Waals surface area contributed by atoms with Crippen LogP contribution in [0.1, 0.15) is 19.3 Å². The molecule has 1 aromatic heterocycles. The van der Waals surface area contributed by atoms with E-state index in [2.05, 4.69) is 16.8 Å². The largest absolute Gasteiger partial charge is 0.355 e. The Morgan fingerprint density at radius 1 is 1.17 bits per heavy atom. The SMILES string of the molecule is CN1C2CCC1CN(c1ccc3cc([N+](=O)[O-])ccc3n1)CC2. The quantitative estimate of drug-likeness (QED) is 0.630. The van der Waals surface area contributed by atoms with E-state index in [1.807, 2.05) is 12.1 Å². The van der Waals surface area contributed by atoms with E-state index in [9.17, 15) is 10.1 Å². The van der Waals surface area contributed by atoms with Crippen LogP contribution in [0.4, 0.5) is 11.5 Å². The molecule has 0 spiro atoms. The Balaban J connectivity index is 1.64. The summed E-state index contributed by atoms with van der Waals surface area (Å²) in [5.41, 5.74) is 0.927. The molecule has 2 atom stereocenters. The Bertz CT molecular complexity index is 763. The first kappa shape index (κ1) is 14.4. The van der Waals surface area contributed by atoms with Gasteiger partial charge in [-0.05, 0) is 44.5 Å². The zero-order valence-corrected chi connectivity index (χ0v) is 13.2. The zero-order chi connectivity index (χ0) is 16.0. The summed E-state index contributed by atoms with van der Waals surface area (Å²) < 4.78 is 0. The molecule has 1 aromatic carbocycles. The molecule has 4 rings (SSSR count). The van der Waals surface area contributed by atoms with E-state index in [-0.39, 0.29) is 10.6 Å². The highest BCUT2D eigenvalue weighted by molar-refractivity contribution is 5.82. The molecular weight excluding hydrogens is 292 g/mol. The first-order valence-electron chi connectivity index (χ1n) is 8.14. The fourth-order valence-corrected chi connectivity index (χ4v) is 3.91. The fraction of sp³-hybridized carbons (Fsp3) is 0.471. The Morgan fingerprint density at radius 3 is 2.83 bits per heavy atom. The van der Waals surface area contributed by atoms with Crippen molar-refractivity contribution in [3.63, 3.8) is 0 Å². The monoisotopic (exact) mass is 312 g/mol. The summed E-state index contributed by atoms with van der Waals surface area (Å²) in [6, 6.07) is 10.1. The molecule has 2 aliphatic rings. The number of anilines is 1. The van der Waals surface area contributed by atoms with E-state index in [0.29, 0.717) is 12.1 Å². The minimum absolute atomic E-state index is 0.112. The van der Waals surface area contributed by atoms with Crippen LogP contribution in [0.5, 0.6) is 0 Å².